The molecule has 7 heteroatoms. The number of nitrogens with one attached hydrogen (secondary N) is 1. The molecule has 0 aliphatic rings. The van der Waals surface area contributed by atoms with Crippen LogP contribution in [-0.4, -0.2) is 44.9 Å². The number of hydrogen-bond acceptors (Lipinski definition) is 5. The fraction of sp³-hybridized carbons (Fsp3) is 0.727. The Bertz CT molecular complexity index is 400. The molecule has 1 aromatic heterocycles. The fourth-order valence-electron chi connectivity index (χ4n) is 1.41. The molecule has 0 fully saturated rings. The first-order valence-electron chi connectivity index (χ1n) is 6.03. The quantitative estimate of drug-likeness (QED) is 0.424. The minimum Gasteiger partial charge on any atom is -0.299 e. The number of carbonyl (C=O) groups excluding carboxylic acids is 1. The van der Waals surface area contributed by atoms with Crippen molar-refractivity contribution < 1.29 is 4.79 Å². The summed E-state index contributed by atoms with van der Waals surface area (Å²) in [6.07, 6.45) is 2.66. The van der Waals surface area contributed by atoms with Gasteiger partial charge in [0.1, 0.15) is 0 Å². The third-order valence-electron chi connectivity index (χ3n) is 3.47. The molecule has 0 spiro atoms. The molecule has 0 radical (unpaired) electrons. The van der Waals surface area contributed by atoms with Crippen LogP contribution in [-0.2, 0) is 6.54 Å². The first-order chi connectivity index (χ1) is 8.40. The molecule has 0 saturated carbocycles. The Morgan fingerprint density at radius 1 is 1.61 bits per heavy atom. The Morgan fingerprint density at radius 2 is 2.28 bits per heavy atom. The van der Waals surface area contributed by atoms with E-state index in [0.29, 0.717) is 6.54 Å². The molecule has 102 valence electrons. The van der Waals surface area contributed by atoms with Gasteiger partial charge in [0.25, 0.3) is 5.91 Å². The highest BCUT2D eigenvalue weighted by atomic mass is 16.2. The first-order valence-corrected chi connectivity index (χ1v) is 6.03. The second kappa shape index (κ2) is 5.92. The molecule has 1 heterocycles. The molecule has 0 aliphatic carbocycles. The lowest BCUT2D eigenvalue weighted by molar-refractivity contribution is 0.0948. The number of nitrogen functional groups attached to an aromatic ring is 1. The molecular weight excluding hydrogens is 232 g/mol. The normalized spacial score (nSPS) is 11.9. The lowest BCUT2D eigenvalue weighted by Gasteiger charge is -2.34. The predicted octanol–water partition coefficient (Wildman–Crippen LogP) is 0.00200. The van der Waals surface area contributed by atoms with Gasteiger partial charge in [-0.15, -0.1) is 5.10 Å². The number of hydrazine groups is 1. The van der Waals surface area contributed by atoms with E-state index < -0.39 is 5.91 Å². The van der Waals surface area contributed by atoms with Crippen LogP contribution in [0.25, 0.3) is 0 Å². The minimum absolute atomic E-state index is 0.151. The van der Waals surface area contributed by atoms with E-state index in [4.69, 9.17) is 5.84 Å². The first kappa shape index (κ1) is 14.6. The number of amides is 1. The number of rotatable bonds is 6. The molecule has 0 aliphatic heterocycles. The number of nitrogens with zero attached hydrogens (tertiary/aromatic N) is 4. The van der Waals surface area contributed by atoms with E-state index in [1.807, 2.05) is 5.43 Å². The summed E-state index contributed by atoms with van der Waals surface area (Å²) in [6, 6.07) is 0. The molecule has 0 bridgehead atoms. The zero-order valence-corrected chi connectivity index (χ0v) is 11.5. The Labute approximate surface area is 107 Å². The van der Waals surface area contributed by atoms with Gasteiger partial charge >= 0.3 is 0 Å². The van der Waals surface area contributed by atoms with Crippen molar-refractivity contribution in [2.75, 3.05) is 13.6 Å². The van der Waals surface area contributed by atoms with Crippen molar-refractivity contribution in [1.29, 1.82) is 0 Å². The highest BCUT2D eigenvalue weighted by Gasteiger charge is 2.20. The van der Waals surface area contributed by atoms with Crippen molar-refractivity contribution >= 4 is 5.91 Å². The molecule has 0 atom stereocenters. The average molecular weight is 254 g/mol. The third kappa shape index (κ3) is 3.51. The monoisotopic (exact) mass is 254 g/mol. The summed E-state index contributed by atoms with van der Waals surface area (Å²) in [5, 5.41) is 7.64. The lowest BCUT2D eigenvalue weighted by atomic mass is 10.0. The number of aromatic nitrogens is 3. The lowest BCUT2D eigenvalue weighted by Crippen LogP contribution is -2.42. The van der Waals surface area contributed by atoms with E-state index in [1.165, 1.54) is 0 Å². The summed E-state index contributed by atoms with van der Waals surface area (Å²) in [4.78, 5) is 13.5. The predicted molar refractivity (Wildman–Crippen MR) is 68.7 cm³/mol. The van der Waals surface area contributed by atoms with E-state index >= 15 is 0 Å². The van der Waals surface area contributed by atoms with Crippen LogP contribution in [0.1, 0.15) is 37.7 Å². The van der Waals surface area contributed by atoms with Crippen LogP contribution < -0.4 is 11.3 Å². The van der Waals surface area contributed by atoms with Gasteiger partial charge in [-0.1, -0.05) is 12.1 Å². The van der Waals surface area contributed by atoms with Gasteiger partial charge in [-0.2, -0.15) is 0 Å². The fourth-order valence-corrected chi connectivity index (χ4v) is 1.41. The average Bonchev–Trinajstić information content (AvgIpc) is 2.83. The van der Waals surface area contributed by atoms with Crippen LogP contribution in [0.5, 0.6) is 0 Å². The van der Waals surface area contributed by atoms with Crippen LogP contribution in [0.4, 0.5) is 0 Å². The molecule has 18 heavy (non-hydrogen) atoms. The number of hydrogen-bond donors (Lipinski definition) is 2. The van der Waals surface area contributed by atoms with Gasteiger partial charge in [0.15, 0.2) is 5.69 Å². The van der Waals surface area contributed by atoms with Crippen molar-refractivity contribution in [2.45, 2.75) is 39.3 Å². The zero-order valence-electron chi connectivity index (χ0n) is 11.5. The summed E-state index contributed by atoms with van der Waals surface area (Å²) in [5.74, 6) is 4.60. The maximum absolute atomic E-state index is 11.2. The van der Waals surface area contributed by atoms with Crippen LogP contribution in [0.2, 0.25) is 0 Å². The van der Waals surface area contributed by atoms with E-state index in [1.54, 1.807) is 10.9 Å². The SMILES string of the molecule is CCC(C)(C)N(C)CCn1cc(C(=O)NN)nn1. The van der Waals surface area contributed by atoms with E-state index in [2.05, 4.69) is 43.0 Å². The van der Waals surface area contributed by atoms with E-state index in [-0.39, 0.29) is 11.2 Å². The maximum Gasteiger partial charge on any atom is 0.287 e. The second-order valence-corrected chi connectivity index (χ2v) is 4.93. The van der Waals surface area contributed by atoms with Crippen molar-refractivity contribution in [2.24, 2.45) is 5.84 Å². The molecule has 0 saturated heterocycles. The van der Waals surface area contributed by atoms with Crippen molar-refractivity contribution in [1.82, 2.24) is 25.3 Å². The standard InChI is InChI=1S/C11H22N6O/c1-5-11(2,3)16(4)6-7-17-8-9(14-15-17)10(18)13-12/h8H,5-7,12H2,1-4H3,(H,13,18). The molecule has 1 rings (SSSR count). The van der Waals surface area contributed by atoms with Gasteiger partial charge in [0.2, 0.25) is 0 Å². The Morgan fingerprint density at radius 3 is 2.83 bits per heavy atom. The molecule has 1 amide bonds. The van der Waals surface area contributed by atoms with Crippen molar-refractivity contribution in [3.05, 3.63) is 11.9 Å². The van der Waals surface area contributed by atoms with Gasteiger partial charge in [-0.05, 0) is 27.3 Å². The van der Waals surface area contributed by atoms with Gasteiger partial charge in [0, 0.05) is 12.1 Å². The summed E-state index contributed by atoms with van der Waals surface area (Å²) in [7, 11) is 2.08. The van der Waals surface area contributed by atoms with Crippen LogP contribution in [0.15, 0.2) is 6.20 Å². The Kier molecular flexibility index (Phi) is 4.80. The largest absolute Gasteiger partial charge is 0.299 e. The summed E-state index contributed by atoms with van der Waals surface area (Å²) in [6.45, 7) is 8.08. The molecule has 7 nitrogen and oxygen atoms in total. The van der Waals surface area contributed by atoms with Crippen molar-refractivity contribution in [3.8, 4) is 0 Å². The minimum atomic E-state index is -0.427. The van der Waals surface area contributed by atoms with E-state index in [0.717, 1.165) is 13.0 Å². The van der Waals surface area contributed by atoms with E-state index in [9.17, 15) is 4.79 Å². The van der Waals surface area contributed by atoms with Gasteiger partial charge in [0.05, 0.1) is 12.7 Å². The van der Waals surface area contributed by atoms with Crippen molar-refractivity contribution in [3.63, 3.8) is 0 Å². The van der Waals surface area contributed by atoms with Gasteiger partial charge in [-0.3, -0.25) is 19.8 Å². The third-order valence-corrected chi connectivity index (χ3v) is 3.47. The summed E-state index contributed by atoms with van der Waals surface area (Å²) < 4.78 is 1.65. The number of carbonyl (C=O) groups is 1. The van der Waals surface area contributed by atoms with Gasteiger partial charge in [-0.25, -0.2) is 5.84 Å². The highest BCUT2D eigenvalue weighted by Crippen LogP contribution is 2.15. The number of likely N-dealkylation sites (N-methyl/N-ethyl adjacent to an activating group) is 1. The molecule has 0 aromatic carbocycles. The van der Waals surface area contributed by atoms with Crippen LogP contribution in [0.3, 0.4) is 0 Å². The topological polar surface area (TPSA) is 89.1 Å². The maximum atomic E-state index is 11.2. The smallest absolute Gasteiger partial charge is 0.287 e. The Hall–Kier alpha value is -1.47. The Balaban J connectivity index is 2.54. The summed E-state index contributed by atoms with van der Waals surface area (Å²) >= 11 is 0. The molecule has 1 aromatic rings. The van der Waals surface area contributed by atoms with Gasteiger partial charge < -0.3 is 0 Å². The van der Waals surface area contributed by atoms with Crippen LogP contribution in [0, 0.1) is 0 Å². The zero-order chi connectivity index (χ0) is 13.8. The number of nitrogens with two attached hydrogens (primary N) is 1. The molecule has 0 unspecified atom stereocenters. The van der Waals surface area contributed by atoms with Crippen LogP contribution >= 0.6 is 0 Å². The highest BCUT2D eigenvalue weighted by molar-refractivity contribution is 5.91. The molecular formula is C11H22N6O. The second-order valence-electron chi connectivity index (χ2n) is 4.93. The summed E-state index contributed by atoms with van der Waals surface area (Å²) in [5.41, 5.74) is 2.41. The molecule has 3 N–H and O–H groups in total.